The second kappa shape index (κ2) is 6.01. The summed E-state index contributed by atoms with van der Waals surface area (Å²) in [6.45, 7) is 0. The van der Waals surface area contributed by atoms with E-state index >= 15 is 0 Å². The molecule has 0 saturated heterocycles. The lowest BCUT2D eigenvalue weighted by Gasteiger charge is -2.12. The highest BCUT2D eigenvalue weighted by molar-refractivity contribution is 9.11. The Morgan fingerprint density at radius 3 is 2.24 bits per heavy atom. The van der Waals surface area contributed by atoms with Gasteiger partial charge in [0.25, 0.3) is 0 Å². The first-order valence-corrected chi connectivity index (χ1v) is 6.42. The largest absolute Gasteiger partial charge is 0.323 e. The van der Waals surface area contributed by atoms with Crippen molar-refractivity contribution in [2.24, 2.45) is 0 Å². The average molecular weight is 405 g/mol. The van der Waals surface area contributed by atoms with E-state index in [1.54, 1.807) is 6.07 Å². The minimum absolute atomic E-state index is 0.152. The SMILES string of the molecule is N#CCC(=O)Nc1c(Br)c(Cl)c(F)c(Cl)c1Br. The molecule has 8 heteroatoms. The number of rotatable bonds is 2. The second-order valence-corrected chi connectivity index (χ2v) is 5.17. The van der Waals surface area contributed by atoms with Gasteiger partial charge in [-0.25, -0.2) is 4.39 Å². The molecule has 0 atom stereocenters. The molecule has 1 amide bonds. The van der Waals surface area contributed by atoms with Crippen molar-refractivity contribution in [1.82, 2.24) is 0 Å². The monoisotopic (exact) mass is 402 g/mol. The third-order valence-electron chi connectivity index (χ3n) is 1.71. The second-order valence-electron chi connectivity index (χ2n) is 2.83. The van der Waals surface area contributed by atoms with E-state index in [9.17, 15) is 9.18 Å². The summed E-state index contributed by atoms with van der Waals surface area (Å²) in [6, 6.07) is 1.68. The molecule has 1 rings (SSSR count). The van der Waals surface area contributed by atoms with Gasteiger partial charge in [-0.2, -0.15) is 5.26 Å². The van der Waals surface area contributed by atoms with Crippen molar-refractivity contribution in [2.45, 2.75) is 6.42 Å². The Kier molecular flexibility index (Phi) is 5.20. The minimum Gasteiger partial charge on any atom is -0.323 e. The Labute approximate surface area is 123 Å². The van der Waals surface area contributed by atoms with Crippen LogP contribution in [0.3, 0.4) is 0 Å². The van der Waals surface area contributed by atoms with Gasteiger partial charge in [-0.15, -0.1) is 0 Å². The number of hydrogen-bond donors (Lipinski definition) is 1. The van der Waals surface area contributed by atoms with Crippen LogP contribution in [0.1, 0.15) is 6.42 Å². The van der Waals surface area contributed by atoms with Crippen molar-refractivity contribution in [2.75, 3.05) is 5.32 Å². The molecule has 0 heterocycles. The third-order valence-corrected chi connectivity index (χ3v) is 4.47. The lowest BCUT2D eigenvalue weighted by molar-refractivity contribution is -0.115. The number of hydrogen-bond acceptors (Lipinski definition) is 2. The molecule has 0 unspecified atom stereocenters. The Morgan fingerprint density at radius 1 is 1.35 bits per heavy atom. The van der Waals surface area contributed by atoms with Gasteiger partial charge in [0.2, 0.25) is 5.91 Å². The van der Waals surface area contributed by atoms with Crippen LogP contribution in [-0.4, -0.2) is 5.91 Å². The Morgan fingerprint density at radius 2 is 1.82 bits per heavy atom. The van der Waals surface area contributed by atoms with Gasteiger partial charge in [0.1, 0.15) is 6.42 Å². The Hall–Kier alpha value is -0.350. The van der Waals surface area contributed by atoms with Crippen LogP contribution in [0.15, 0.2) is 8.95 Å². The van der Waals surface area contributed by atoms with E-state index in [0.29, 0.717) is 0 Å². The lowest BCUT2D eigenvalue weighted by atomic mass is 10.3. The van der Waals surface area contributed by atoms with Crippen LogP contribution in [0.5, 0.6) is 0 Å². The molecule has 3 nitrogen and oxygen atoms in total. The molecule has 90 valence electrons. The van der Waals surface area contributed by atoms with Gasteiger partial charge in [-0.3, -0.25) is 4.79 Å². The van der Waals surface area contributed by atoms with E-state index in [2.05, 4.69) is 37.2 Å². The summed E-state index contributed by atoms with van der Waals surface area (Å²) in [5.41, 5.74) is 0.182. The smallest absolute Gasteiger partial charge is 0.238 e. The van der Waals surface area contributed by atoms with Crippen LogP contribution >= 0.6 is 55.1 Å². The molecule has 0 aliphatic carbocycles. The topological polar surface area (TPSA) is 52.9 Å². The number of benzene rings is 1. The summed E-state index contributed by atoms with van der Waals surface area (Å²) in [6.07, 6.45) is -0.328. The molecule has 0 saturated carbocycles. The summed E-state index contributed by atoms with van der Waals surface area (Å²) in [4.78, 5) is 11.3. The fourth-order valence-corrected chi connectivity index (χ4v) is 2.61. The lowest BCUT2D eigenvalue weighted by Crippen LogP contribution is -2.11. The van der Waals surface area contributed by atoms with Crippen molar-refractivity contribution in [3.63, 3.8) is 0 Å². The maximum absolute atomic E-state index is 13.4. The van der Waals surface area contributed by atoms with Gasteiger partial charge < -0.3 is 5.32 Å². The fraction of sp³-hybridized carbons (Fsp3) is 0.111. The predicted molar refractivity (Wildman–Crippen MR) is 70.7 cm³/mol. The van der Waals surface area contributed by atoms with Crippen LogP contribution in [0, 0.1) is 17.1 Å². The van der Waals surface area contributed by atoms with E-state index in [0.717, 1.165) is 0 Å². The van der Waals surface area contributed by atoms with Crippen LogP contribution < -0.4 is 5.32 Å². The number of nitriles is 1. The van der Waals surface area contributed by atoms with Crippen LogP contribution in [0.4, 0.5) is 10.1 Å². The summed E-state index contributed by atoms with van der Waals surface area (Å²) < 4.78 is 13.7. The third kappa shape index (κ3) is 3.10. The van der Waals surface area contributed by atoms with Crippen molar-refractivity contribution in [1.29, 1.82) is 5.26 Å². The summed E-state index contributed by atoms with van der Waals surface area (Å²) in [7, 11) is 0. The molecule has 0 aromatic heterocycles. The Bertz CT molecular complexity index is 502. The average Bonchev–Trinajstić information content (AvgIpc) is 2.30. The zero-order valence-electron chi connectivity index (χ0n) is 7.95. The minimum atomic E-state index is -0.801. The Balaban J connectivity index is 3.26. The molecule has 0 fully saturated rings. The molecule has 0 aliphatic rings. The van der Waals surface area contributed by atoms with Crippen LogP contribution in [0.2, 0.25) is 10.0 Å². The number of nitrogens with zero attached hydrogens (tertiary/aromatic N) is 1. The molecular formula is C9H3Br2Cl2FN2O. The zero-order valence-corrected chi connectivity index (χ0v) is 12.6. The summed E-state index contributed by atoms with van der Waals surface area (Å²) >= 11 is 17.4. The van der Waals surface area contributed by atoms with Gasteiger partial charge in [-0.05, 0) is 31.9 Å². The zero-order chi connectivity index (χ0) is 13.2. The van der Waals surface area contributed by atoms with E-state index in [4.69, 9.17) is 28.5 Å². The first-order valence-electron chi connectivity index (χ1n) is 4.08. The van der Waals surface area contributed by atoms with Gasteiger partial charge in [0.15, 0.2) is 5.82 Å². The molecule has 0 spiro atoms. The maximum atomic E-state index is 13.4. The normalized spacial score (nSPS) is 9.88. The van der Waals surface area contributed by atoms with Crippen LogP contribution in [0.25, 0.3) is 0 Å². The summed E-state index contributed by atoms with van der Waals surface area (Å²) in [5.74, 6) is -1.35. The van der Waals surface area contributed by atoms with Gasteiger partial charge in [0.05, 0.1) is 30.7 Å². The molecule has 1 N–H and O–H groups in total. The van der Waals surface area contributed by atoms with Crippen molar-refractivity contribution >= 4 is 66.7 Å². The number of nitrogens with one attached hydrogen (secondary N) is 1. The molecule has 0 radical (unpaired) electrons. The van der Waals surface area contributed by atoms with Gasteiger partial charge >= 0.3 is 0 Å². The van der Waals surface area contributed by atoms with Crippen molar-refractivity contribution in [3.05, 3.63) is 24.8 Å². The highest BCUT2D eigenvalue weighted by atomic mass is 79.9. The highest BCUT2D eigenvalue weighted by Gasteiger charge is 2.20. The number of carbonyl (C=O) groups excluding carboxylic acids is 1. The molecule has 0 bridgehead atoms. The van der Waals surface area contributed by atoms with Gasteiger partial charge in [0, 0.05) is 0 Å². The number of carbonyl (C=O) groups is 1. The molecular weight excluding hydrogens is 402 g/mol. The molecule has 1 aromatic rings. The highest BCUT2D eigenvalue weighted by Crippen LogP contribution is 2.43. The van der Waals surface area contributed by atoms with Crippen molar-refractivity contribution < 1.29 is 9.18 Å². The quantitative estimate of drug-likeness (QED) is 0.582. The number of amides is 1. The predicted octanol–water partition coefficient (Wildman–Crippen LogP) is 4.51. The first kappa shape index (κ1) is 14.7. The van der Waals surface area contributed by atoms with Gasteiger partial charge in [-0.1, -0.05) is 23.2 Å². The first-order chi connectivity index (χ1) is 7.90. The number of anilines is 1. The molecule has 0 aliphatic heterocycles. The number of halogens is 5. The van der Waals surface area contributed by atoms with Crippen molar-refractivity contribution in [3.8, 4) is 6.07 Å². The van der Waals surface area contributed by atoms with E-state index in [1.807, 2.05) is 0 Å². The van der Waals surface area contributed by atoms with Crippen LogP contribution in [-0.2, 0) is 4.79 Å². The fourth-order valence-electron chi connectivity index (χ4n) is 0.970. The standard InChI is InChI=1S/C9H3Br2Cl2FN2O/c10-4-6(12)8(14)7(13)5(11)9(4)16-3(17)1-2-15/h1H2,(H,16,17). The van der Waals surface area contributed by atoms with E-state index in [1.165, 1.54) is 0 Å². The van der Waals surface area contributed by atoms with E-state index in [-0.39, 0.29) is 31.1 Å². The maximum Gasteiger partial charge on any atom is 0.238 e. The van der Waals surface area contributed by atoms with E-state index < -0.39 is 11.7 Å². The summed E-state index contributed by atoms with van der Waals surface area (Å²) in [5, 5.41) is 10.3. The molecule has 17 heavy (non-hydrogen) atoms. The molecule has 1 aromatic carbocycles.